The second kappa shape index (κ2) is 8.47. The zero-order valence-corrected chi connectivity index (χ0v) is 17.4. The summed E-state index contributed by atoms with van der Waals surface area (Å²) in [6, 6.07) is 16.2. The Labute approximate surface area is 174 Å². The molecular weight excluding hydrogens is 410 g/mol. The molecule has 3 aromatic rings. The highest BCUT2D eigenvalue weighted by Crippen LogP contribution is 2.27. The summed E-state index contributed by atoms with van der Waals surface area (Å²) < 4.78 is 30.2. The van der Waals surface area contributed by atoms with Gasteiger partial charge in [0.05, 0.1) is 10.6 Å². The molecule has 9 heteroatoms. The summed E-state index contributed by atoms with van der Waals surface area (Å²) >= 11 is 6.01. The summed E-state index contributed by atoms with van der Waals surface area (Å²) in [5, 5.41) is 13.8. The molecule has 0 saturated carbocycles. The fourth-order valence-corrected chi connectivity index (χ4v) is 4.12. The average Bonchev–Trinajstić information content (AvgIpc) is 3.17. The molecule has 2 aromatic carbocycles. The first-order valence-corrected chi connectivity index (χ1v) is 10.5. The number of benzene rings is 2. The van der Waals surface area contributed by atoms with Gasteiger partial charge < -0.3 is 4.90 Å². The van der Waals surface area contributed by atoms with Crippen molar-refractivity contribution in [1.82, 2.24) is 14.7 Å². The molecule has 0 aliphatic heterocycles. The number of rotatable bonds is 6. The Bertz CT molecular complexity index is 1200. The number of hydrogen-bond acceptors (Lipinski definition) is 4. The van der Waals surface area contributed by atoms with Crippen molar-refractivity contribution in [2.75, 3.05) is 14.1 Å². The maximum Gasteiger partial charge on any atom is 0.283 e. The number of aromatic nitrogens is 2. The average molecular weight is 428 g/mol. The maximum atomic E-state index is 12.5. The largest absolute Gasteiger partial charge is 0.368 e. The van der Waals surface area contributed by atoms with E-state index in [4.69, 9.17) is 11.6 Å². The second-order valence-electron chi connectivity index (χ2n) is 6.40. The zero-order valence-electron chi connectivity index (χ0n) is 15.8. The van der Waals surface area contributed by atoms with Gasteiger partial charge in [0.2, 0.25) is 0 Å². The van der Waals surface area contributed by atoms with E-state index in [9.17, 15) is 13.7 Å². The van der Waals surface area contributed by atoms with Crippen LogP contribution in [0.1, 0.15) is 11.3 Å². The van der Waals surface area contributed by atoms with Gasteiger partial charge in [-0.25, -0.2) is 4.68 Å². The highest BCUT2D eigenvalue weighted by Gasteiger charge is 2.19. The van der Waals surface area contributed by atoms with E-state index in [1.807, 2.05) is 30.3 Å². The van der Waals surface area contributed by atoms with Crippen LogP contribution in [-0.4, -0.2) is 43.5 Å². The van der Waals surface area contributed by atoms with Gasteiger partial charge in [0, 0.05) is 31.7 Å². The van der Waals surface area contributed by atoms with E-state index in [-0.39, 0.29) is 16.5 Å². The van der Waals surface area contributed by atoms with Crippen molar-refractivity contribution < 1.29 is 8.42 Å². The SMILES string of the molecule is CN(C)C=NS(=O)(=O)c1ccc(-n2cc(-c3ccccc3)c(C#N)n2)cc1CCl. The molecule has 0 atom stereocenters. The van der Waals surface area contributed by atoms with E-state index in [1.54, 1.807) is 32.4 Å². The van der Waals surface area contributed by atoms with Crippen molar-refractivity contribution in [3.63, 3.8) is 0 Å². The van der Waals surface area contributed by atoms with Gasteiger partial charge in [-0.3, -0.25) is 0 Å². The molecule has 0 saturated heterocycles. The van der Waals surface area contributed by atoms with E-state index >= 15 is 0 Å². The Hall–Kier alpha value is -3.15. The standard InChI is InChI=1S/C20H18ClN5O2S/c1-25(2)14-23-29(27,28)20-9-8-17(10-16(20)11-21)26-13-18(19(12-22)24-26)15-6-4-3-5-7-15/h3-10,13-14H,11H2,1-2H3. The van der Waals surface area contributed by atoms with Crippen molar-refractivity contribution in [3.8, 4) is 22.9 Å². The predicted molar refractivity (Wildman–Crippen MR) is 113 cm³/mol. The van der Waals surface area contributed by atoms with Crippen LogP contribution in [0, 0.1) is 11.3 Å². The lowest BCUT2D eigenvalue weighted by atomic mass is 10.1. The van der Waals surface area contributed by atoms with Crippen LogP contribution >= 0.6 is 11.6 Å². The molecule has 0 fully saturated rings. The van der Waals surface area contributed by atoms with Crippen LogP contribution in [-0.2, 0) is 15.9 Å². The van der Waals surface area contributed by atoms with Crippen molar-refractivity contribution >= 4 is 28.0 Å². The van der Waals surface area contributed by atoms with Gasteiger partial charge in [-0.2, -0.15) is 18.8 Å². The summed E-state index contributed by atoms with van der Waals surface area (Å²) in [6.45, 7) is 0. The second-order valence-corrected chi connectivity index (χ2v) is 8.27. The van der Waals surface area contributed by atoms with E-state index in [2.05, 4.69) is 15.6 Å². The molecule has 0 spiro atoms. The minimum atomic E-state index is -3.89. The Balaban J connectivity index is 2.06. The number of nitrogens with zero attached hydrogens (tertiary/aromatic N) is 5. The summed E-state index contributed by atoms with van der Waals surface area (Å²) in [7, 11) is -0.526. The monoisotopic (exact) mass is 427 g/mol. The molecule has 0 radical (unpaired) electrons. The number of alkyl halides is 1. The van der Waals surface area contributed by atoms with Crippen molar-refractivity contribution in [2.45, 2.75) is 10.8 Å². The summed E-state index contributed by atoms with van der Waals surface area (Å²) in [4.78, 5) is 1.56. The van der Waals surface area contributed by atoms with Crippen LogP contribution in [0.5, 0.6) is 0 Å². The molecule has 0 N–H and O–H groups in total. The van der Waals surface area contributed by atoms with Crippen LogP contribution in [0.2, 0.25) is 0 Å². The van der Waals surface area contributed by atoms with Gasteiger partial charge in [-0.05, 0) is 29.3 Å². The first-order valence-electron chi connectivity index (χ1n) is 8.57. The van der Waals surface area contributed by atoms with Crippen LogP contribution < -0.4 is 0 Å². The van der Waals surface area contributed by atoms with E-state index < -0.39 is 10.0 Å². The van der Waals surface area contributed by atoms with Crippen molar-refractivity contribution in [3.05, 3.63) is 66.0 Å². The van der Waals surface area contributed by atoms with Crippen molar-refractivity contribution in [2.24, 2.45) is 4.40 Å². The molecule has 0 aliphatic rings. The van der Waals surface area contributed by atoms with Gasteiger partial charge in [-0.1, -0.05) is 30.3 Å². The van der Waals surface area contributed by atoms with E-state index in [1.165, 1.54) is 22.0 Å². The number of nitriles is 1. The van der Waals surface area contributed by atoms with Crippen LogP contribution in [0.4, 0.5) is 0 Å². The van der Waals surface area contributed by atoms with Gasteiger partial charge in [0.1, 0.15) is 12.4 Å². The Morgan fingerprint density at radius 2 is 1.97 bits per heavy atom. The third kappa shape index (κ3) is 4.47. The summed E-state index contributed by atoms with van der Waals surface area (Å²) in [5.74, 6) is -0.0161. The first-order chi connectivity index (χ1) is 13.9. The lowest BCUT2D eigenvalue weighted by Gasteiger charge is -2.09. The third-order valence-corrected chi connectivity index (χ3v) is 5.67. The lowest BCUT2D eigenvalue weighted by molar-refractivity contribution is 0.594. The smallest absolute Gasteiger partial charge is 0.283 e. The van der Waals surface area contributed by atoms with E-state index in [0.29, 0.717) is 16.8 Å². The van der Waals surface area contributed by atoms with Gasteiger partial charge >= 0.3 is 0 Å². The Morgan fingerprint density at radius 3 is 2.59 bits per heavy atom. The molecule has 0 bridgehead atoms. The third-order valence-electron chi connectivity index (χ3n) is 4.05. The number of sulfonamides is 1. The number of hydrogen-bond donors (Lipinski definition) is 0. The minimum absolute atomic E-state index is 0.0161. The molecule has 7 nitrogen and oxygen atoms in total. The van der Waals surface area contributed by atoms with Crippen LogP contribution in [0.25, 0.3) is 16.8 Å². The highest BCUT2D eigenvalue weighted by atomic mass is 35.5. The quantitative estimate of drug-likeness (QED) is 0.341. The Kier molecular flexibility index (Phi) is 6.01. The van der Waals surface area contributed by atoms with Crippen LogP contribution in [0.15, 0.2) is 64.0 Å². The lowest BCUT2D eigenvalue weighted by Crippen LogP contribution is -2.11. The molecule has 0 amide bonds. The predicted octanol–water partition coefficient (Wildman–Crippen LogP) is 3.43. The molecule has 29 heavy (non-hydrogen) atoms. The van der Waals surface area contributed by atoms with Gasteiger partial charge in [0.25, 0.3) is 10.0 Å². The van der Waals surface area contributed by atoms with Gasteiger partial charge in [0.15, 0.2) is 5.69 Å². The van der Waals surface area contributed by atoms with Crippen LogP contribution in [0.3, 0.4) is 0 Å². The maximum absolute atomic E-state index is 12.5. The molecule has 0 unspecified atom stereocenters. The molecule has 1 heterocycles. The molecule has 1 aromatic heterocycles. The fourth-order valence-electron chi connectivity index (χ4n) is 2.70. The fraction of sp³-hybridized carbons (Fsp3) is 0.150. The topological polar surface area (TPSA) is 91.4 Å². The van der Waals surface area contributed by atoms with Gasteiger partial charge in [-0.15, -0.1) is 16.0 Å². The zero-order chi connectivity index (χ0) is 21.0. The van der Waals surface area contributed by atoms with Crippen molar-refractivity contribution in [1.29, 1.82) is 5.26 Å². The molecular formula is C20H18ClN5O2S. The minimum Gasteiger partial charge on any atom is -0.368 e. The van der Waals surface area contributed by atoms with E-state index in [0.717, 1.165) is 5.56 Å². The molecule has 0 aliphatic carbocycles. The number of halogens is 1. The summed E-state index contributed by atoms with van der Waals surface area (Å²) in [6.07, 6.45) is 2.96. The normalized spacial score (nSPS) is 11.5. The Morgan fingerprint density at radius 1 is 1.24 bits per heavy atom. The summed E-state index contributed by atoms with van der Waals surface area (Å²) in [5.41, 5.74) is 2.82. The molecule has 148 valence electrons. The molecule has 3 rings (SSSR count). The first kappa shape index (κ1) is 20.6. The highest BCUT2D eigenvalue weighted by molar-refractivity contribution is 7.90.